The summed E-state index contributed by atoms with van der Waals surface area (Å²) in [6.45, 7) is 3.43. The number of nitrogens with zero attached hydrogens (tertiary/aromatic N) is 4. The molecule has 0 aliphatic carbocycles. The van der Waals surface area contributed by atoms with E-state index in [2.05, 4.69) is 32.3 Å². The molecule has 2 aromatic heterocycles. The van der Waals surface area contributed by atoms with Gasteiger partial charge in [-0.05, 0) is 23.8 Å². The van der Waals surface area contributed by atoms with Gasteiger partial charge in [0.1, 0.15) is 5.75 Å². The highest BCUT2D eigenvalue weighted by Gasteiger charge is 2.15. The van der Waals surface area contributed by atoms with Crippen LogP contribution in [0.25, 0.3) is 11.1 Å². The monoisotopic (exact) mass is 462 g/mol. The third-order valence-electron chi connectivity index (χ3n) is 4.69. The SMILES string of the molecule is C=CC(=O)Nc1cccc(Oc2nc(Nc3cnn(C)c3)ncc2-c2ccc(C(F)F)cc2)c1. The van der Waals surface area contributed by atoms with Crippen molar-refractivity contribution in [2.75, 3.05) is 10.6 Å². The van der Waals surface area contributed by atoms with Crippen LogP contribution >= 0.6 is 0 Å². The highest BCUT2D eigenvalue weighted by molar-refractivity contribution is 5.98. The van der Waals surface area contributed by atoms with Gasteiger partial charge in [-0.1, -0.05) is 36.9 Å². The summed E-state index contributed by atoms with van der Waals surface area (Å²) in [5, 5.41) is 9.81. The molecule has 0 spiro atoms. The van der Waals surface area contributed by atoms with Crippen LogP contribution in [-0.4, -0.2) is 25.7 Å². The van der Waals surface area contributed by atoms with E-state index in [0.717, 1.165) is 6.08 Å². The number of hydrogen-bond acceptors (Lipinski definition) is 6. The third kappa shape index (κ3) is 5.41. The number of aryl methyl sites for hydroxylation is 1. The average molecular weight is 462 g/mol. The number of halogens is 2. The summed E-state index contributed by atoms with van der Waals surface area (Å²) in [5.74, 6) is 0.491. The minimum atomic E-state index is -2.57. The van der Waals surface area contributed by atoms with E-state index in [4.69, 9.17) is 4.74 Å². The molecule has 0 bridgehead atoms. The standard InChI is InChI=1S/C24H20F2N6O2/c1-3-21(33)29-17-5-4-6-19(11-17)34-23-20(15-7-9-16(10-8-15)22(25)26)13-27-24(31-23)30-18-12-28-32(2)14-18/h3-14,22H,1H2,2H3,(H,29,33)(H,27,30,31). The molecule has 0 aliphatic rings. The fourth-order valence-corrected chi connectivity index (χ4v) is 3.07. The van der Waals surface area contributed by atoms with Crippen LogP contribution in [0.4, 0.5) is 26.1 Å². The number of alkyl halides is 2. The molecule has 0 saturated heterocycles. The van der Waals surface area contributed by atoms with E-state index in [1.54, 1.807) is 66.7 Å². The molecule has 0 unspecified atom stereocenters. The summed E-state index contributed by atoms with van der Waals surface area (Å²) < 4.78 is 33.6. The molecule has 0 aliphatic heterocycles. The number of ether oxygens (including phenoxy) is 1. The molecule has 2 heterocycles. The van der Waals surface area contributed by atoms with Crippen molar-refractivity contribution in [1.82, 2.24) is 19.7 Å². The molecular weight excluding hydrogens is 442 g/mol. The summed E-state index contributed by atoms with van der Waals surface area (Å²) in [4.78, 5) is 20.4. The molecule has 8 nitrogen and oxygen atoms in total. The maximum absolute atomic E-state index is 13.0. The lowest BCUT2D eigenvalue weighted by Crippen LogP contribution is -2.07. The minimum Gasteiger partial charge on any atom is -0.438 e. The van der Waals surface area contributed by atoms with Crippen LogP contribution in [-0.2, 0) is 11.8 Å². The topological polar surface area (TPSA) is 94.0 Å². The van der Waals surface area contributed by atoms with Crippen LogP contribution < -0.4 is 15.4 Å². The Bertz CT molecular complexity index is 1320. The molecule has 1 amide bonds. The van der Waals surface area contributed by atoms with E-state index in [0.29, 0.717) is 28.3 Å². The molecule has 4 aromatic rings. The fraction of sp³-hybridized carbons (Fsp3) is 0.0833. The quantitative estimate of drug-likeness (QED) is 0.337. The van der Waals surface area contributed by atoms with E-state index in [9.17, 15) is 13.6 Å². The first-order valence-electron chi connectivity index (χ1n) is 10.1. The Morgan fingerprint density at radius 2 is 1.94 bits per heavy atom. The summed E-state index contributed by atoms with van der Waals surface area (Å²) in [6, 6.07) is 12.5. The molecule has 34 heavy (non-hydrogen) atoms. The number of amides is 1. The molecule has 0 fully saturated rings. The first kappa shape index (κ1) is 22.6. The van der Waals surface area contributed by atoms with Gasteiger partial charge >= 0.3 is 0 Å². The summed E-state index contributed by atoms with van der Waals surface area (Å²) in [5.41, 5.74) is 2.19. The zero-order valence-electron chi connectivity index (χ0n) is 18.1. The van der Waals surface area contributed by atoms with Crippen molar-refractivity contribution in [2.45, 2.75) is 6.43 Å². The lowest BCUT2D eigenvalue weighted by Gasteiger charge is -2.13. The number of carbonyl (C=O) groups excluding carboxylic acids is 1. The zero-order chi connectivity index (χ0) is 24.1. The first-order valence-corrected chi connectivity index (χ1v) is 10.1. The largest absolute Gasteiger partial charge is 0.438 e. The van der Waals surface area contributed by atoms with Gasteiger partial charge in [-0.3, -0.25) is 9.48 Å². The van der Waals surface area contributed by atoms with Crippen molar-refractivity contribution in [3.63, 3.8) is 0 Å². The predicted molar refractivity (Wildman–Crippen MR) is 124 cm³/mol. The number of nitrogens with one attached hydrogen (secondary N) is 2. The number of benzene rings is 2. The van der Waals surface area contributed by atoms with Gasteiger partial charge in [0.15, 0.2) is 0 Å². The van der Waals surface area contributed by atoms with E-state index < -0.39 is 6.43 Å². The second kappa shape index (κ2) is 9.90. The number of aromatic nitrogens is 4. The fourth-order valence-electron chi connectivity index (χ4n) is 3.07. The maximum atomic E-state index is 13.0. The molecule has 2 aromatic carbocycles. The Morgan fingerprint density at radius 3 is 2.62 bits per heavy atom. The van der Waals surface area contributed by atoms with Crippen LogP contribution in [0, 0.1) is 0 Å². The highest BCUT2D eigenvalue weighted by Crippen LogP contribution is 2.34. The van der Waals surface area contributed by atoms with Crippen molar-refractivity contribution in [1.29, 1.82) is 0 Å². The van der Waals surface area contributed by atoms with Gasteiger partial charge in [-0.15, -0.1) is 0 Å². The molecule has 2 N–H and O–H groups in total. The molecule has 10 heteroatoms. The maximum Gasteiger partial charge on any atom is 0.263 e. The lowest BCUT2D eigenvalue weighted by molar-refractivity contribution is -0.111. The Balaban J connectivity index is 1.69. The summed E-state index contributed by atoms with van der Waals surface area (Å²) in [6.07, 6.45) is 3.51. The number of anilines is 3. The van der Waals surface area contributed by atoms with Crippen molar-refractivity contribution < 1.29 is 18.3 Å². The van der Waals surface area contributed by atoms with Crippen molar-refractivity contribution in [3.8, 4) is 22.8 Å². The third-order valence-corrected chi connectivity index (χ3v) is 4.69. The number of hydrogen-bond donors (Lipinski definition) is 2. The van der Waals surface area contributed by atoms with Gasteiger partial charge in [0.2, 0.25) is 17.7 Å². The van der Waals surface area contributed by atoms with Gasteiger partial charge in [-0.2, -0.15) is 10.1 Å². The molecule has 0 atom stereocenters. The second-order valence-electron chi connectivity index (χ2n) is 7.19. The minimum absolute atomic E-state index is 0.0901. The number of rotatable bonds is 8. The molecule has 172 valence electrons. The van der Waals surface area contributed by atoms with Gasteiger partial charge in [0, 0.05) is 36.8 Å². The smallest absolute Gasteiger partial charge is 0.263 e. The average Bonchev–Trinajstić information content (AvgIpc) is 3.24. The predicted octanol–water partition coefficient (Wildman–Crippen LogP) is 5.48. The van der Waals surface area contributed by atoms with E-state index in [1.165, 1.54) is 12.1 Å². The van der Waals surface area contributed by atoms with E-state index in [1.807, 2.05) is 0 Å². The number of carbonyl (C=O) groups is 1. The summed E-state index contributed by atoms with van der Waals surface area (Å²) in [7, 11) is 1.78. The van der Waals surface area contributed by atoms with E-state index in [-0.39, 0.29) is 23.3 Å². The van der Waals surface area contributed by atoms with Crippen LogP contribution in [0.15, 0.2) is 79.8 Å². The highest BCUT2D eigenvalue weighted by atomic mass is 19.3. The molecular formula is C24H20F2N6O2. The lowest BCUT2D eigenvalue weighted by atomic mass is 10.1. The van der Waals surface area contributed by atoms with Gasteiger partial charge in [-0.25, -0.2) is 13.8 Å². The Hall–Kier alpha value is -4.60. The second-order valence-corrected chi connectivity index (χ2v) is 7.19. The molecule has 0 radical (unpaired) electrons. The van der Waals surface area contributed by atoms with Crippen LogP contribution in [0.2, 0.25) is 0 Å². The van der Waals surface area contributed by atoms with Crippen LogP contribution in [0.1, 0.15) is 12.0 Å². The van der Waals surface area contributed by atoms with Crippen LogP contribution in [0.3, 0.4) is 0 Å². The van der Waals surface area contributed by atoms with Crippen molar-refractivity contribution >= 4 is 23.2 Å². The van der Waals surface area contributed by atoms with Gasteiger partial charge < -0.3 is 15.4 Å². The first-order chi connectivity index (χ1) is 16.4. The normalized spacial score (nSPS) is 10.7. The summed E-state index contributed by atoms with van der Waals surface area (Å²) >= 11 is 0. The Labute approximate surface area is 193 Å². The molecule has 4 rings (SSSR count). The molecule has 0 saturated carbocycles. The Kier molecular flexibility index (Phi) is 6.58. The van der Waals surface area contributed by atoms with E-state index >= 15 is 0 Å². The zero-order valence-corrected chi connectivity index (χ0v) is 18.1. The Morgan fingerprint density at radius 1 is 1.15 bits per heavy atom. The van der Waals surface area contributed by atoms with Gasteiger partial charge in [0.25, 0.3) is 6.43 Å². The van der Waals surface area contributed by atoms with Crippen LogP contribution in [0.5, 0.6) is 11.6 Å². The van der Waals surface area contributed by atoms with Crippen molar-refractivity contribution in [3.05, 3.63) is 85.3 Å². The van der Waals surface area contributed by atoms with Crippen molar-refractivity contribution in [2.24, 2.45) is 7.05 Å². The van der Waals surface area contributed by atoms with Gasteiger partial charge in [0.05, 0.1) is 17.4 Å².